The van der Waals surface area contributed by atoms with Gasteiger partial charge < -0.3 is 19.9 Å². The van der Waals surface area contributed by atoms with Crippen LogP contribution in [0.4, 0.5) is 27.8 Å². The van der Waals surface area contributed by atoms with E-state index in [9.17, 15) is 26.7 Å². The van der Waals surface area contributed by atoms with Crippen molar-refractivity contribution in [3.8, 4) is 5.75 Å². The van der Waals surface area contributed by atoms with E-state index in [1.165, 1.54) is 6.92 Å². The van der Waals surface area contributed by atoms with E-state index in [0.29, 0.717) is 5.92 Å². The normalized spacial score (nSPS) is 26.7. The third kappa shape index (κ3) is 4.49. The average Bonchev–Trinajstić information content (AvgIpc) is 3.50. The number of amides is 1. The number of hydrogen-bond donors (Lipinski definition) is 2. The van der Waals surface area contributed by atoms with Crippen molar-refractivity contribution in [1.82, 2.24) is 9.78 Å². The standard InChI is InChI=1S/C23H26F5N3O4/c1-11-17(13-6-7-14(24)18(25)19(13)34-9-8-32)20(35-22(11,2)23(26,27)28)21(33)29-16-10-15(12-4-5-12)31(3)30-16/h6-7,10-12,17,20,32H,4-5,8-9H2,1-3H3,(H,29,30,33)/t11-,17-,20+,22+/m0/s1. The van der Waals surface area contributed by atoms with Crippen LogP contribution in [0.1, 0.15) is 49.8 Å². The second-order valence-corrected chi connectivity index (χ2v) is 9.15. The van der Waals surface area contributed by atoms with E-state index in [2.05, 4.69) is 10.4 Å². The lowest BCUT2D eigenvalue weighted by molar-refractivity contribution is -0.272. The number of benzene rings is 1. The van der Waals surface area contributed by atoms with Crippen LogP contribution in [0.5, 0.6) is 5.75 Å². The van der Waals surface area contributed by atoms with Gasteiger partial charge in [-0.1, -0.05) is 13.0 Å². The Balaban J connectivity index is 1.74. The van der Waals surface area contributed by atoms with Gasteiger partial charge in [-0.05, 0) is 25.8 Å². The van der Waals surface area contributed by atoms with Crippen LogP contribution in [0, 0.1) is 17.6 Å². The van der Waals surface area contributed by atoms with Gasteiger partial charge in [-0.15, -0.1) is 0 Å². The van der Waals surface area contributed by atoms with E-state index >= 15 is 0 Å². The second kappa shape index (κ2) is 9.05. The third-order valence-electron chi connectivity index (χ3n) is 6.87. The first-order valence-electron chi connectivity index (χ1n) is 11.2. The lowest BCUT2D eigenvalue weighted by Crippen LogP contribution is -2.47. The number of carbonyl (C=O) groups excluding carboxylic acids is 1. The molecule has 1 saturated carbocycles. The Morgan fingerprint density at radius 1 is 1.34 bits per heavy atom. The minimum Gasteiger partial charge on any atom is -0.488 e. The first-order chi connectivity index (χ1) is 16.4. The highest BCUT2D eigenvalue weighted by Gasteiger charge is 2.66. The van der Waals surface area contributed by atoms with Gasteiger partial charge in [0.1, 0.15) is 12.7 Å². The number of carbonyl (C=O) groups is 1. The lowest BCUT2D eigenvalue weighted by atomic mass is 9.77. The minimum atomic E-state index is -4.87. The summed E-state index contributed by atoms with van der Waals surface area (Å²) in [4.78, 5) is 13.2. The minimum absolute atomic E-state index is 0.150. The summed E-state index contributed by atoms with van der Waals surface area (Å²) in [5.41, 5.74) is -2.04. The fraction of sp³-hybridized carbons (Fsp3) is 0.565. The molecule has 4 atom stereocenters. The average molecular weight is 503 g/mol. The summed E-state index contributed by atoms with van der Waals surface area (Å²) in [6.07, 6.45) is -4.62. The topological polar surface area (TPSA) is 85.6 Å². The maximum absolute atomic E-state index is 14.6. The molecule has 7 nitrogen and oxygen atoms in total. The molecule has 1 saturated heterocycles. The Kier molecular flexibility index (Phi) is 6.56. The molecule has 4 rings (SSSR count). The van der Waals surface area contributed by atoms with Gasteiger partial charge in [-0.25, -0.2) is 4.39 Å². The lowest BCUT2D eigenvalue weighted by Gasteiger charge is -2.32. The van der Waals surface area contributed by atoms with E-state index < -0.39 is 66.2 Å². The predicted octanol–water partition coefficient (Wildman–Crippen LogP) is 4.03. The molecular weight excluding hydrogens is 477 g/mol. The number of rotatable bonds is 7. The number of anilines is 1. The molecule has 1 aliphatic heterocycles. The highest BCUT2D eigenvalue weighted by molar-refractivity contribution is 5.94. The highest BCUT2D eigenvalue weighted by Crippen LogP contribution is 2.55. The number of aliphatic hydroxyl groups is 1. The Morgan fingerprint density at radius 2 is 2.03 bits per heavy atom. The summed E-state index contributed by atoms with van der Waals surface area (Å²) in [5.74, 6) is -6.56. The Labute approximate surface area is 198 Å². The summed E-state index contributed by atoms with van der Waals surface area (Å²) < 4.78 is 82.9. The van der Waals surface area contributed by atoms with Crippen LogP contribution in [-0.4, -0.2) is 51.9 Å². The van der Waals surface area contributed by atoms with Crippen LogP contribution in [-0.2, 0) is 16.6 Å². The van der Waals surface area contributed by atoms with Crippen molar-refractivity contribution >= 4 is 11.7 Å². The van der Waals surface area contributed by atoms with Crippen molar-refractivity contribution in [2.45, 2.75) is 56.4 Å². The molecule has 0 bridgehead atoms. The first-order valence-corrected chi connectivity index (χ1v) is 11.2. The van der Waals surface area contributed by atoms with Gasteiger partial charge in [-0.2, -0.15) is 22.7 Å². The summed E-state index contributed by atoms with van der Waals surface area (Å²) in [7, 11) is 1.70. The van der Waals surface area contributed by atoms with Crippen molar-refractivity contribution in [2.75, 3.05) is 18.5 Å². The van der Waals surface area contributed by atoms with Crippen LogP contribution < -0.4 is 10.1 Å². The SMILES string of the molecule is C[C@H]1[C@@H](c2ccc(F)c(F)c2OCCO)[C@H](C(=O)Nc2cc(C3CC3)n(C)n2)O[C@@]1(C)C(F)(F)F. The van der Waals surface area contributed by atoms with E-state index in [1.807, 2.05) is 0 Å². The molecule has 1 aromatic carbocycles. The van der Waals surface area contributed by atoms with Crippen LogP contribution in [0.25, 0.3) is 0 Å². The Morgan fingerprint density at radius 3 is 2.63 bits per heavy atom. The molecule has 2 heterocycles. The van der Waals surface area contributed by atoms with Crippen LogP contribution in [0.15, 0.2) is 18.2 Å². The van der Waals surface area contributed by atoms with Crippen molar-refractivity contribution in [3.05, 3.63) is 41.1 Å². The zero-order valence-corrected chi connectivity index (χ0v) is 19.3. The summed E-state index contributed by atoms with van der Waals surface area (Å²) in [6.45, 7) is 1.08. The van der Waals surface area contributed by atoms with Gasteiger partial charge >= 0.3 is 6.18 Å². The molecule has 0 unspecified atom stereocenters. The number of halogens is 5. The third-order valence-corrected chi connectivity index (χ3v) is 6.87. The zero-order chi connectivity index (χ0) is 25.7. The van der Waals surface area contributed by atoms with Crippen molar-refractivity contribution < 1.29 is 41.3 Å². The predicted molar refractivity (Wildman–Crippen MR) is 114 cm³/mol. The summed E-state index contributed by atoms with van der Waals surface area (Å²) >= 11 is 0. The van der Waals surface area contributed by atoms with Gasteiger partial charge in [0.05, 0.1) is 6.61 Å². The van der Waals surface area contributed by atoms with Gasteiger partial charge in [-0.3, -0.25) is 9.48 Å². The zero-order valence-electron chi connectivity index (χ0n) is 19.3. The molecule has 1 amide bonds. The molecule has 1 aromatic heterocycles. The van der Waals surface area contributed by atoms with E-state index in [4.69, 9.17) is 14.6 Å². The highest BCUT2D eigenvalue weighted by atomic mass is 19.4. The van der Waals surface area contributed by atoms with Gasteiger partial charge in [0.25, 0.3) is 5.91 Å². The summed E-state index contributed by atoms with van der Waals surface area (Å²) in [6, 6.07) is 3.48. The van der Waals surface area contributed by atoms with Crippen molar-refractivity contribution in [3.63, 3.8) is 0 Å². The Hall–Kier alpha value is -2.73. The number of nitrogens with zero attached hydrogens (tertiary/aromatic N) is 2. The van der Waals surface area contributed by atoms with Crippen molar-refractivity contribution in [1.29, 1.82) is 0 Å². The van der Waals surface area contributed by atoms with Crippen LogP contribution in [0.2, 0.25) is 0 Å². The molecule has 2 N–H and O–H groups in total. The maximum atomic E-state index is 14.6. The van der Waals surface area contributed by atoms with Crippen LogP contribution >= 0.6 is 0 Å². The number of aromatic nitrogens is 2. The number of ether oxygens (including phenoxy) is 2. The largest absolute Gasteiger partial charge is 0.488 e. The molecule has 12 heteroatoms. The molecule has 2 fully saturated rings. The van der Waals surface area contributed by atoms with Crippen molar-refractivity contribution in [2.24, 2.45) is 13.0 Å². The monoisotopic (exact) mass is 503 g/mol. The maximum Gasteiger partial charge on any atom is 0.417 e. The molecular formula is C23H26F5N3O4. The number of aliphatic hydroxyl groups excluding tert-OH is 1. The fourth-order valence-corrected chi connectivity index (χ4v) is 4.63. The number of alkyl halides is 3. The quantitative estimate of drug-likeness (QED) is 0.558. The van der Waals surface area contributed by atoms with E-state index in [-0.39, 0.29) is 11.4 Å². The molecule has 0 spiro atoms. The molecule has 2 aliphatic rings. The number of nitrogens with one attached hydrogen (secondary N) is 1. The summed E-state index contributed by atoms with van der Waals surface area (Å²) in [5, 5.41) is 15.8. The van der Waals surface area contributed by atoms with Gasteiger partial charge in [0.15, 0.2) is 23.0 Å². The fourth-order valence-electron chi connectivity index (χ4n) is 4.63. The first kappa shape index (κ1) is 25.4. The van der Waals surface area contributed by atoms with Gasteiger partial charge in [0.2, 0.25) is 5.82 Å². The molecule has 192 valence electrons. The van der Waals surface area contributed by atoms with Crippen LogP contribution in [0.3, 0.4) is 0 Å². The molecule has 1 aliphatic carbocycles. The second-order valence-electron chi connectivity index (χ2n) is 9.15. The molecule has 35 heavy (non-hydrogen) atoms. The van der Waals surface area contributed by atoms with Gasteiger partial charge in [0, 0.05) is 42.1 Å². The molecule has 0 radical (unpaired) electrons. The Bertz CT molecular complexity index is 1120. The number of aryl methyl sites for hydroxylation is 1. The van der Waals surface area contributed by atoms with E-state index in [1.54, 1.807) is 17.8 Å². The van der Waals surface area contributed by atoms with E-state index in [0.717, 1.165) is 37.6 Å². The number of hydrogen-bond acceptors (Lipinski definition) is 5. The smallest absolute Gasteiger partial charge is 0.417 e. The molecule has 2 aromatic rings.